The van der Waals surface area contributed by atoms with Crippen molar-refractivity contribution in [1.82, 2.24) is 14.8 Å². The van der Waals surface area contributed by atoms with E-state index in [0.717, 1.165) is 30.7 Å². The Morgan fingerprint density at radius 1 is 1.39 bits per heavy atom. The highest BCUT2D eigenvalue weighted by atomic mass is 79.9. The second-order valence-corrected chi connectivity index (χ2v) is 5.20. The molecule has 98 valence electrons. The van der Waals surface area contributed by atoms with Crippen LogP contribution in [0.5, 0.6) is 5.88 Å². The minimum Gasteiger partial charge on any atom is -0.468 e. The summed E-state index contributed by atoms with van der Waals surface area (Å²) in [5.41, 5.74) is 0. The molecule has 0 N–H and O–H groups in total. The molecule has 1 aromatic rings. The van der Waals surface area contributed by atoms with E-state index >= 15 is 0 Å². The molecule has 18 heavy (non-hydrogen) atoms. The van der Waals surface area contributed by atoms with E-state index in [1.165, 1.54) is 0 Å². The van der Waals surface area contributed by atoms with Crippen molar-refractivity contribution in [1.29, 1.82) is 0 Å². The first kappa shape index (κ1) is 13.3. The van der Waals surface area contributed by atoms with Crippen LogP contribution in [0.4, 0.5) is 0 Å². The van der Waals surface area contributed by atoms with Crippen molar-refractivity contribution in [2.24, 2.45) is 0 Å². The van der Waals surface area contributed by atoms with E-state index in [2.05, 4.69) is 32.9 Å². The molecule has 5 nitrogen and oxygen atoms in total. The lowest BCUT2D eigenvalue weighted by atomic mass is 10.3. The van der Waals surface area contributed by atoms with Crippen LogP contribution < -0.4 is 4.74 Å². The van der Waals surface area contributed by atoms with Crippen LogP contribution in [0.1, 0.15) is 0 Å². The van der Waals surface area contributed by atoms with Crippen molar-refractivity contribution in [2.45, 2.75) is 0 Å². The number of ether oxygens (including phenoxy) is 1. The van der Waals surface area contributed by atoms with Crippen LogP contribution >= 0.6 is 15.9 Å². The zero-order chi connectivity index (χ0) is 13.0. The van der Waals surface area contributed by atoms with Crippen LogP contribution in [-0.4, -0.2) is 60.5 Å². The monoisotopic (exact) mass is 313 g/mol. The number of hydrogen-bond donors (Lipinski definition) is 0. The first-order valence-electron chi connectivity index (χ1n) is 5.86. The molecule has 0 bridgehead atoms. The van der Waals surface area contributed by atoms with Crippen molar-refractivity contribution in [3.8, 4) is 5.88 Å². The van der Waals surface area contributed by atoms with E-state index < -0.39 is 0 Å². The lowest BCUT2D eigenvalue weighted by Gasteiger charge is -2.32. The van der Waals surface area contributed by atoms with Gasteiger partial charge in [0.05, 0.1) is 0 Å². The third-order valence-corrected chi connectivity index (χ3v) is 3.37. The predicted octanol–water partition coefficient (Wildman–Crippen LogP) is 0.997. The van der Waals surface area contributed by atoms with Gasteiger partial charge in [0.1, 0.15) is 0 Å². The lowest BCUT2D eigenvalue weighted by molar-refractivity contribution is -0.135. The predicted molar refractivity (Wildman–Crippen MR) is 71.5 cm³/mol. The third kappa shape index (κ3) is 3.68. The van der Waals surface area contributed by atoms with Crippen molar-refractivity contribution in [3.63, 3.8) is 0 Å². The Kier molecular flexibility index (Phi) is 4.54. The molecule has 1 aromatic heterocycles. The van der Waals surface area contributed by atoms with Crippen LogP contribution in [-0.2, 0) is 4.79 Å². The molecule has 1 aliphatic heterocycles. The van der Waals surface area contributed by atoms with Crippen LogP contribution in [0.3, 0.4) is 0 Å². The summed E-state index contributed by atoms with van der Waals surface area (Å²) in [5.74, 6) is 0.494. The van der Waals surface area contributed by atoms with E-state index in [-0.39, 0.29) is 12.5 Å². The average Bonchev–Trinajstić information content (AvgIpc) is 2.38. The number of carbonyl (C=O) groups is 1. The van der Waals surface area contributed by atoms with Gasteiger partial charge in [-0.3, -0.25) is 4.79 Å². The first-order valence-corrected chi connectivity index (χ1v) is 6.65. The molecule has 0 unspecified atom stereocenters. The van der Waals surface area contributed by atoms with Gasteiger partial charge in [0.15, 0.2) is 6.61 Å². The maximum Gasteiger partial charge on any atom is 0.260 e. The number of carbonyl (C=O) groups excluding carboxylic acids is 1. The van der Waals surface area contributed by atoms with Gasteiger partial charge in [0.25, 0.3) is 5.91 Å². The molecule has 0 spiro atoms. The number of hydrogen-bond acceptors (Lipinski definition) is 4. The summed E-state index contributed by atoms with van der Waals surface area (Å²) in [4.78, 5) is 20.0. The zero-order valence-electron chi connectivity index (χ0n) is 10.3. The Balaban J connectivity index is 1.79. The molecule has 1 aliphatic rings. The highest BCUT2D eigenvalue weighted by Crippen LogP contribution is 2.12. The number of rotatable bonds is 3. The van der Waals surface area contributed by atoms with Crippen LogP contribution in [0, 0.1) is 0 Å². The SMILES string of the molecule is CN1CCN(C(=O)COc2ccc(Br)cn2)CC1. The Bertz CT molecular complexity index is 402. The van der Waals surface area contributed by atoms with Gasteiger partial charge >= 0.3 is 0 Å². The third-order valence-electron chi connectivity index (χ3n) is 2.90. The average molecular weight is 314 g/mol. The number of piperazine rings is 1. The number of amides is 1. The lowest BCUT2D eigenvalue weighted by Crippen LogP contribution is -2.48. The summed E-state index contributed by atoms with van der Waals surface area (Å²) in [6.07, 6.45) is 1.65. The molecular formula is C12H16BrN3O2. The van der Waals surface area contributed by atoms with Crippen LogP contribution in [0.15, 0.2) is 22.8 Å². The van der Waals surface area contributed by atoms with Crippen molar-refractivity contribution >= 4 is 21.8 Å². The molecule has 0 atom stereocenters. The smallest absolute Gasteiger partial charge is 0.260 e. The minimum atomic E-state index is 0.0211. The van der Waals surface area contributed by atoms with Crippen LogP contribution in [0.2, 0.25) is 0 Å². The van der Waals surface area contributed by atoms with Gasteiger partial charge in [-0.25, -0.2) is 4.98 Å². The topological polar surface area (TPSA) is 45.7 Å². The van der Waals surface area contributed by atoms with E-state index in [9.17, 15) is 4.79 Å². The summed E-state index contributed by atoms with van der Waals surface area (Å²) in [7, 11) is 2.06. The summed E-state index contributed by atoms with van der Waals surface area (Å²) >= 11 is 3.30. The fraction of sp³-hybridized carbons (Fsp3) is 0.500. The van der Waals surface area contributed by atoms with Crippen LogP contribution in [0.25, 0.3) is 0 Å². The summed E-state index contributed by atoms with van der Waals surface area (Å²) in [6.45, 7) is 3.43. The van der Waals surface area contributed by atoms with E-state index in [4.69, 9.17) is 4.74 Å². The molecule has 2 heterocycles. The molecule has 1 fully saturated rings. The highest BCUT2D eigenvalue weighted by molar-refractivity contribution is 9.10. The Hall–Kier alpha value is -1.14. The number of nitrogens with zero attached hydrogens (tertiary/aromatic N) is 3. The quantitative estimate of drug-likeness (QED) is 0.835. The standard InChI is InChI=1S/C12H16BrN3O2/c1-15-4-6-16(7-5-15)12(17)9-18-11-3-2-10(13)8-14-11/h2-3,8H,4-7,9H2,1H3. The van der Waals surface area contributed by atoms with Gasteiger partial charge in [-0.2, -0.15) is 0 Å². The molecule has 1 saturated heterocycles. The molecule has 1 amide bonds. The van der Waals surface area contributed by atoms with E-state index in [1.54, 1.807) is 12.3 Å². The second-order valence-electron chi connectivity index (χ2n) is 4.29. The van der Waals surface area contributed by atoms with Gasteiger partial charge in [0, 0.05) is 42.9 Å². The first-order chi connectivity index (χ1) is 8.65. The zero-order valence-corrected chi connectivity index (χ0v) is 11.9. The number of halogens is 1. The Morgan fingerprint density at radius 3 is 2.72 bits per heavy atom. The molecule has 0 saturated carbocycles. The molecule has 0 aliphatic carbocycles. The number of likely N-dealkylation sites (N-methyl/N-ethyl adjacent to an activating group) is 1. The number of pyridine rings is 1. The molecule has 0 aromatic carbocycles. The van der Waals surface area contributed by atoms with Crippen molar-refractivity contribution < 1.29 is 9.53 Å². The van der Waals surface area contributed by atoms with Gasteiger partial charge in [-0.05, 0) is 29.0 Å². The van der Waals surface area contributed by atoms with Gasteiger partial charge in [0.2, 0.25) is 5.88 Å². The molecular weight excluding hydrogens is 298 g/mol. The minimum absolute atomic E-state index is 0.0211. The van der Waals surface area contributed by atoms with Gasteiger partial charge in [-0.1, -0.05) is 0 Å². The fourth-order valence-electron chi connectivity index (χ4n) is 1.73. The summed E-state index contributed by atoms with van der Waals surface area (Å²) in [5, 5.41) is 0. The maximum absolute atomic E-state index is 11.9. The summed E-state index contributed by atoms with van der Waals surface area (Å²) in [6, 6.07) is 3.57. The molecule has 2 rings (SSSR count). The molecule has 6 heteroatoms. The van der Waals surface area contributed by atoms with Crippen molar-refractivity contribution in [3.05, 3.63) is 22.8 Å². The van der Waals surface area contributed by atoms with Crippen molar-refractivity contribution in [2.75, 3.05) is 39.8 Å². The Morgan fingerprint density at radius 2 is 2.11 bits per heavy atom. The van der Waals surface area contributed by atoms with Gasteiger partial charge in [-0.15, -0.1) is 0 Å². The van der Waals surface area contributed by atoms with E-state index in [1.807, 2.05) is 11.0 Å². The molecule has 0 radical (unpaired) electrons. The second kappa shape index (κ2) is 6.15. The maximum atomic E-state index is 11.9. The normalized spacial score (nSPS) is 16.7. The van der Waals surface area contributed by atoms with Gasteiger partial charge < -0.3 is 14.5 Å². The highest BCUT2D eigenvalue weighted by Gasteiger charge is 2.19. The summed E-state index contributed by atoms with van der Waals surface area (Å²) < 4.78 is 6.26. The number of aromatic nitrogens is 1. The largest absolute Gasteiger partial charge is 0.468 e. The van der Waals surface area contributed by atoms with E-state index in [0.29, 0.717) is 5.88 Å². The Labute approximate surface area is 115 Å². The fourth-order valence-corrected chi connectivity index (χ4v) is 1.96.